The molecule has 0 aliphatic heterocycles. The molecule has 0 aliphatic rings. The van der Waals surface area contributed by atoms with Crippen LogP contribution in [0.1, 0.15) is 21.8 Å². The Morgan fingerprint density at radius 1 is 1.04 bits per heavy atom. The van der Waals surface area contributed by atoms with E-state index in [-0.39, 0.29) is 12.5 Å². The molecule has 3 aromatic rings. The summed E-state index contributed by atoms with van der Waals surface area (Å²) in [7, 11) is 0. The van der Waals surface area contributed by atoms with Crippen molar-refractivity contribution < 1.29 is 9.32 Å². The van der Waals surface area contributed by atoms with E-state index in [2.05, 4.69) is 10.5 Å². The first kappa shape index (κ1) is 15.3. The van der Waals surface area contributed by atoms with Crippen molar-refractivity contribution in [3.63, 3.8) is 0 Å². The molecule has 5 heteroatoms. The minimum Gasteiger partial charge on any atom is -0.359 e. The number of nitrogens with zero attached hydrogens (tertiary/aromatic N) is 1. The highest BCUT2D eigenvalue weighted by Crippen LogP contribution is 2.19. The van der Waals surface area contributed by atoms with E-state index >= 15 is 0 Å². The van der Waals surface area contributed by atoms with Gasteiger partial charge in [0.25, 0.3) is 5.91 Å². The van der Waals surface area contributed by atoms with E-state index in [9.17, 15) is 4.79 Å². The first-order valence-corrected chi connectivity index (χ1v) is 7.74. The lowest BCUT2D eigenvalue weighted by Crippen LogP contribution is -2.22. The fourth-order valence-electron chi connectivity index (χ4n) is 2.22. The second kappa shape index (κ2) is 7.11. The Labute approximate surface area is 139 Å². The second-order valence-electron chi connectivity index (χ2n) is 5.04. The number of carbonyl (C=O) groups is 1. The predicted molar refractivity (Wildman–Crippen MR) is 89.1 cm³/mol. The molecule has 0 aliphatic carbocycles. The smallest absolute Gasteiger partial charge is 0.251 e. The third-order valence-corrected chi connectivity index (χ3v) is 3.70. The van der Waals surface area contributed by atoms with Gasteiger partial charge >= 0.3 is 0 Å². The average molecular weight is 327 g/mol. The van der Waals surface area contributed by atoms with Crippen molar-refractivity contribution in [1.82, 2.24) is 10.5 Å². The maximum Gasteiger partial charge on any atom is 0.251 e. The molecule has 0 bridgehead atoms. The molecule has 4 nitrogen and oxygen atoms in total. The Kier molecular flexibility index (Phi) is 4.74. The number of amides is 1. The van der Waals surface area contributed by atoms with E-state index < -0.39 is 0 Å². The molecule has 0 radical (unpaired) electrons. The van der Waals surface area contributed by atoms with Gasteiger partial charge in [0.15, 0.2) is 5.76 Å². The first-order valence-electron chi connectivity index (χ1n) is 7.20. The van der Waals surface area contributed by atoms with Gasteiger partial charge in [-0.15, -0.1) is 11.6 Å². The highest BCUT2D eigenvalue weighted by molar-refractivity contribution is 6.16. The SMILES string of the molecule is O=C(NCc1cc(CCl)no1)c1ccc(-c2ccccc2)cc1. The lowest BCUT2D eigenvalue weighted by molar-refractivity contribution is 0.0947. The van der Waals surface area contributed by atoms with Crippen molar-refractivity contribution in [2.75, 3.05) is 0 Å². The summed E-state index contributed by atoms with van der Waals surface area (Å²) in [6.07, 6.45) is 0. The summed E-state index contributed by atoms with van der Waals surface area (Å²) >= 11 is 5.65. The van der Waals surface area contributed by atoms with Gasteiger partial charge in [-0.05, 0) is 23.3 Å². The summed E-state index contributed by atoms with van der Waals surface area (Å²) < 4.78 is 5.07. The number of nitrogens with one attached hydrogen (secondary N) is 1. The van der Waals surface area contributed by atoms with E-state index in [4.69, 9.17) is 16.1 Å². The Hall–Kier alpha value is -2.59. The number of rotatable bonds is 5. The predicted octanol–water partition coefficient (Wildman–Crippen LogP) is 4.01. The summed E-state index contributed by atoms with van der Waals surface area (Å²) in [5.41, 5.74) is 3.45. The van der Waals surface area contributed by atoms with E-state index in [1.165, 1.54) is 0 Å². The van der Waals surface area contributed by atoms with Crippen LogP contribution in [0.3, 0.4) is 0 Å². The van der Waals surface area contributed by atoms with E-state index in [1.807, 2.05) is 54.6 Å². The molecule has 3 rings (SSSR count). The van der Waals surface area contributed by atoms with Gasteiger partial charge in [0.1, 0.15) is 0 Å². The summed E-state index contributed by atoms with van der Waals surface area (Å²) in [5.74, 6) is 0.710. The molecule has 0 saturated heterocycles. The van der Waals surface area contributed by atoms with Crippen molar-refractivity contribution >= 4 is 17.5 Å². The molecule has 0 spiro atoms. The molecule has 0 unspecified atom stereocenters. The topological polar surface area (TPSA) is 55.1 Å². The second-order valence-corrected chi connectivity index (χ2v) is 5.31. The fourth-order valence-corrected chi connectivity index (χ4v) is 2.34. The lowest BCUT2D eigenvalue weighted by Gasteiger charge is -2.05. The number of hydrogen-bond acceptors (Lipinski definition) is 3. The first-order chi connectivity index (χ1) is 11.3. The minimum absolute atomic E-state index is 0.159. The normalized spacial score (nSPS) is 10.5. The van der Waals surface area contributed by atoms with Gasteiger partial charge in [0.2, 0.25) is 0 Å². The number of aromatic nitrogens is 1. The Morgan fingerprint density at radius 3 is 2.39 bits per heavy atom. The third-order valence-electron chi connectivity index (χ3n) is 3.42. The largest absolute Gasteiger partial charge is 0.359 e. The molecule has 1 N–H and O–H groups in total. The van der Waals surface area contributed by atoms with Crippen LogP contribution < -0.4 is 5.32 Å². The number of alkyl halides is 1. The van der Waals surface area contributed by atoms with E-state index in [0.717, 1.165) is 11.1 Å². The summed E-state index contributed by atoms with van der Waals surface area (Å²) in [6, 6.07) is 19.2. The van der Waals surface area contributed by atoms with Crippen molar-refractivity contribution in [3.8, 4) is 11.1 Å². The monoisotopic (exact) mass is 326 g/mol. The Bertz CT molecular complexity index is 782. The maximum atomic E-state index is 12.1. The Balaban J connectivity index is 1.63. The zero-order valence-electron chi connectivity index (χ0n) is 12.3. The van der Waals surface area contributed by atoms with E-state index in [0.29, 0.717) is 22.9 Å². The van der Waals surface area contributed by atoms with Crippen molar-refractivity contribution in [2.24, 2.45) is 0 Å². The molecule has 2 aromatic carbocycles. The van der Waals surface area contributed by atoms with Gasteiger partial charge in [0, 0.05) is 11.6 Å². The molecule has 1 aromatic heterocycles. The highest BCUT2D eigenvalue weighted by atomic mass is 35.5. The van der Waals surface area contributed by atoms with Crippen LogP contribution in [0.2, 0.25) is 0 Å². The minimum atomic E-state index is -0.159. The molecular weight excluding hydrogens is 312 g/mol. The molecule has 0 atom stereocenters. The van der Waals surface area contributed by atoms with Crippen LogP contribution in [-0.4, -0.2) is 11.1 Å². The molecule has 1 heterocycles. The lowest BCUT2D eigenvalue weighted by atomic mass is 10.0. The summed E-state index contributed by atoms with van der Waals surface area (Å²) in [6.45, 7) is 0.281. The van der Waals surface area contributed by atoms with Crippen LogP contribution in [0.25, 0.3) is 11.1 Å². The van der Waals surface area contributed by atoms with E-state index in [1.54, 1.807) is 6.07 Å². The van der Waals surface area contributed by atoms with Gasteiger partial charge in [0.05, 0.1) is 18.1 Å². The van der Waals surface area contributed by atoms with Gasteiger partial charge in [-0.3, -0.25) is 4.79 Å². The number of halogens is 1. The number of benzene rings is 2. The van der Waals surface area contributed by atoms with Gasteiger partial charge in [-0.2, -0.15) is 0 Å². The molecule has 23 heavy (non-hydrogen) atoms. The van der Waals surface area contributed by atoms with Gasteiger partial charge < -0.3 is 9.84 Å². The van der Waals surface area contributed by atoms with Crippen LogP contribution in [0.15, 0.2) is 65.2 Å². The standard InChI is InChI=1S/C18H15ClN2O2/c19-11-16-10-17(23-21-16)12-20-18(22)15-8-6-14(7-9-15)13-4-2-1-3-5-13/h1-10H,11-12H2,(H,20,22). The molecule has 116 valence electrons. The Morgan fingerprint density at radius 2 is 1.74 bits per heavy atom. The fraction of sp³-hybridized carbons (Fsp3) is 0.111. The zero-order chi connectivity index (χ0) is 16.1. The summed E-state index contributed by atoms with van der Waals surface area (Å²) in [4.78, 5) is 12.1. The zero-order valence-corrected chi connectivity index (χ0v) is 13.1. The van der Waals surface area contributed by atoms with Crippen LogP contribution in [0.5, 0.6) is 0 Å². The van der Waals surface area contributed by atoms with Gasteiger partial charge in [-0.25, -0.2) is 0 Å². The highest BCUT2D eigenvalue weighted by Gasteiger charge is 2.08. The number of carbonyl (C=O) groups excluding carboxylic acids is 1. The van der Waals surface area contributed by atoms with Crippen LogP contribution in [0.4, 0.5) is 0 Å². The summed E-state index contributed by atoms with van der Waals surface area (Å²) in [5, 5.41) is 6.57. The van der Waals surface area contributed by atoms with Crippen LogP contribution in [0, 0.1) is 0 Å². The molecule has 1 amide bonds. The number of hydrogen-bond donors (Lipinski definition) is 1. The molecule has 0 fully saturated rings. The van der Waals surface area contributed by atoms with Crippen LogP contribution in [-0.2, 0) is 12.4 Å². The van der Waals surface area contributed by atoms with Gasteiger partial charge in [-0.1, -0.05) is 47.6 Å². The third kappa shape index (κ3) is 3.79. The van der Waals surface area contributed by atoms with Crippen LogP contribution >= 0.6 is 11.6 Å². The average Bonchev–Trinajstić information content (AvgIpc) is 3.09. The maximum absolute atomic E-state index is 12.1. The molecular formula is C18H15ClN2O2. The quantitative estimate of drug-likeness (QED) is 0.721. The molecule has 0 saturated carbocycles. The van der Waals surface area contributed by atoms with Crippen molar-refractivity contribution in [2.45, 2.75) is 12.4 Å². The van der Waals surface area contributed by atoms with Crippen molar-refractivity contribution in [1.29, 1.82) is 0 Å². The van der Waals surface area contributed by atoms with Crippen molar-refractivity contribution in [3.05, 3.63) is 77.7 Å².